The van der Waals surface area contributed by atoms with Gasteiger partial charge in [-0.25, -0.2) is 9.97 Å². The van der Waals surface area contributed by atoms with Crippen molar-refractivity contribution < 1.29 is 9.15 Å². The fourth-order valence-corrected chi connectivity index (χ4v) is 3.48. The summed E-state index contributed by atoms with van der Waals surface area (Å²) in [4.78, 5) is 10.9. The Kier molecular flexibility index (Phi) is 3.56. The van der Waals surface area contributed by atoms with Gasteiger partial charge in [0.2, 0.25) is 5.95 Å². The molecule has 2 aromatic heterocycles. The smallest absolute Gasteiger partial charge is 0.222 e. The van der Waals surface area contributed by atoms with Crippen LogP contribution < -0.4 is 5.32 Å². The minimum absolute atomic E-state index is 0.0177. The molecule has 2 fully saturated rings. The molecule has 4 heterocycles. The lowest BCUT2D eigenvalue weighted by Gasteiger charge is -2.23. The number of rotatable bonds is 4. The molecule has 0 radical (unpaired) electrons. The van der Waals surface area contributed by atoms with E-state index in [2.05, 4.69) is 20.2 Å². The summed E-state index contributed by atoms with van der Waals surface area (Å²) in [5.41, 5.74) is 1.21. The van der Waals surface area contributed by atoms with Crippen LogP contribution in [-0.4, -0.2) is 46.2 Å². The molecule has 0 aromatic carbocycles. The highest BCUT2D eigenvalue weighted by Crippen LogP contribution is 2.36. The molecule has 2 aliphatic rings. The standard InChI is InChI=1S/C16H20N4O2/c1-4-17-15(18-5-1)19-14-8-16(22-11-14)3-6-20(12-16)9-13-2-7-21-10-13/h1-2,4-5,7,10,14H,3,6,8-9,11-12H2,(H,17,18,19)/t14-,16-/m0/s1. The predicted molar refractivity (Wildman–Crippen MR) is 81.3 cm³/mol. The maximum absolute atomic E-state index is 6.15. The number of anilines is 1. The van der Waals surface area contributed by atoms with Crippen LogP contribution in [0, 0.1) is 0 Å². The largest absolute Gasteiger partial charge is 0.472 e. The molecule has 0 bridgehead atoms. The van der Waals surface area contributed by atoms with Gasteiger partial charge in [-0.15, -0.1) is 0 Å². The fraction of sp³-hybridized carbons (Fsp3) is 0.500. The SMILES string of the molecule is c1cnc(N[C@@H]2CO[C@@]3(CCN(Cc4ccoc4)C3)C2)nc1. The number of nitrogens with one attached hydrogen (secondary N) is 1. The van der Waals surface area contributed by atoms with Gasteiger partial charge in [0.1, 0.15) is 0 Å². The number of nitrogens with zero attached hydrogens (tertiary/aromatic N) is 3. The van der Waals surface area contributed by atoms with Crippen molar-refractivity contribution in [1.29, 1.82) is 0 Å². The molecule has 6 heteroatoms. The van der Waals surface area contributed by atoms with Gasteiger partial charge in [-0.2, -0.15) is 0 Å². The van der Waals surface area contributed by atoms with Gasteiger partial charge in [0.15, 0.2) is 0 Å². The Labute approximate surface area is 129 Å². The molecule has 6 nitrogen and oxygen atoms in total. The summed E-state index contributed by atoms with van der Waals surface area (Å²) in [5.74, 6) is 0.682. The predicted octanol–water partition coefficient (Wildman–Crippen LogP) is 1.92. The van der Waals surface area contributed by atoms with Gasteiger partial charge in [-0.3, -0.25) is 4.90 Å². The van der Waals surface area contributed by atoms with Gasteiger partial charge >= 0.3 is 0 Å². The van der Waals surface area contributed by atoms with Gasteiger partial charge in [-0.1, -0.05) is 0 Å². The third kappa shape index (κ3) is 2.84. The second-order valence-corrected chi connectivity index (χ2v) is 6.20. The van der Waals surface area contributed by atoms with Crippen LogP contribution >= 0.6 is 0 Å². The van der Waals surface area contributed by atoms with Gasteiger partial charge < -0.3 is 14.5 Å². The average Bonchev–Trinajstić information content (AvgIpc) is 3.25. The molecule has 0 unspecified atom stereocenters. The summed E-state index contributed by atoms with van der Waals surface area (Å²) in [6.07, 6.45) is 9.14. The Bertz CT molecular complexity index is 604. The molecule has 0 aliphatic carbocycles. The molecule has 116 valence electrons. The number of hydrogen-bond acceptors (Lipinski definition) is 6. The van der Waals surface area contributed by atoms with Crippen LogP contribution in [0.3, 0.4) is 0 Å². The van der Waals surface area contributed by atoms with E-state index in [0.29, 0.717) is 5.95 Å². The monoisotopic (exact) mass is 300 g/mol. The van der Waals surface area contributed by atoms with E-state index in [0.717, 1.165) is 39.1 Å². The number of likely N-dealkylation sites (tertiary alicyclic amines) is 1. The van der Waals surface area contributed by atoms with Gasteiger partial charge in [0.05, 0.1) is 30.8 Å². The molecular weight excluding hydrogens is 280 g/mol. The van der Waals surface area contributed by atoms with Crippen molar-refractivity contribution in [3.63, 3.8) is 0 Å². The molecule has 22 heavy (non-hydrogen) atoms. The highest BCUT2D eigenvalue weighted by molar-refractivity contribution is 5.25. The summed E-state index contributed by atoms with van der Waals surface area (Å²) in [5, 5.41) is 3.37. The Morgan fingerprint density at radius 2 is 2.27 bits per heavy atom. The quantitative estimate of drug-likeness (QED) is 0.930. The summed E-state index contributed by atoms with van der Waals surface area (Å²) in [6, 6.07) is 4.14. The minimum Gasteiger partial charge on any atom is -0.472 e. The van der Waals surface area contributed by atoms with Crippen LogP contribution in [0.2, 0.25) is 0 Å². The van der Waals surface area contributed by atoms with E-state index >= 15 is 0 Å². The maximum Gasteiger partial charge on any atom is 0.222 e. The van der Waals surface area contributed by atoms with Gasteiger partial charge in [0.25, 0.3) is 0 Å². The van der Waals surface area contributed by atoms with E-state index in [1.165, 1.54) is 5.56 Å². The molecule has 2 aliphatic heterocycles. The zero-order valence-electron chi connectivity index (χ0n) is 12.4. The third-order valence-electron chi connectivity index (χ3n) is 4.49. The Hall–Kier alpha value is -1.92. The first-order chi connectivity index (χ1) is 10.8. The average molecular weight is 300 g/mol. The normalized spacial score (nSPS) is 28.5. The molecule has 2 aromatic rings. The molecule has 1 N–H and O–H groups in total. The summed E-state index contributed by atoms with van der Waals surface area (Å²) in [7, 11) is 0. The van der Waals surface area contributed by atoms with Crippen molar-refractivity contribution in [2.45, 2.75) is 31.0 Å². The first-order valence-corrected chi connectivity index (χ1v) is 7.72. The van der Waals surface area contributed by atoms with E-state index in [4.69, 9.17) is 9.15 Å². The van der Waals surface area contributed by atoms with E-state index in [1.54, 1.807) is 18.7 Å². The first-order valence-electron chi connectivity index (χ1n) is 7.72. The van der Waals surface area contributed by atoms with Crippen molar-refractivity contribution in [3.8, 4) is 0 Å². The van der Waals surface area contributed by atoms with Crippen molar-refractivity contribution in [2.24, 2.45) is 0 Å². The summed E-state index contributed by atoms with van der Waals surface area (Å²) in [6.45, 7) is 3.70. The summed E-state index contributed by atoms with van der Waals surface area (Å²) >= 11 is 0. The van der Waals surface area contributed by atoms with Crippen LogP contribution in [0.4, 0.5) is 5.95 Å². The van der Waals surface area contributed by atoms with Crippen molar-refractivity contribution in [1.82, 2.24) is 14.9 Å². The minimum atomic E-state index is -0.0177. The lowest BCUT2D eigenvalue weighted by molar-refractivity contribution is 0.0120. The third-order valence-corrected chi connectivity index (χ3v) is 4.49. The van der Waals surface area contributed by atoms with E-state index in [9.17, 15) is 0 Å². The highest BCUT2D eigenvalue weighted by Gasteiger charge is 2.45. The van der Waals surface area contributed by atoms with E-state index in [-0.39, 0.29) is 11.6 Å². The second-order valence-electron chi connectivity index (χ2n) is 6.20. The lowest BCUT2D eigenvalue weighted by atomic mass is 9.97. The van der Waals surface area contributed by atoms with Crippen molar-refractivity contribution in [2.75, 3.05) is 25.0 Å². The van der Waals surface area contributed by atoms with Crippen LogP contribution in [-0.2, 0) is 11.3 Å². The zero-order chi connectivity index (χ0) is 14.8. The lowest BCUT2D eigenvalue weighted by Crippen LogP contribution is -2.33. The fourth-order valence-electron chi connectivity index (χ4n) is 3.48. The zero-order valence-corrected chi connectivity index (χ0v) is 12.4. The van der Waals surface area contributed by atoms with Crippen molar-refractivity contribution in [3.05, 3.63) is 42.6 Å². The van der Waals surface area contributed by atoms with Crippen molar-refractivity contribution >= 4 is 5.95 Å². The molecule has 0 saturated carbocycles. The van der Waals surface area contributed by atoms with Crippen LogP contribution in [0.15, 0.2) is 41.5 Å². The highest BCUT2D eigenvalue weighted by atomic mass is 16.5. The number of hydrogen-bond donors (Lipinski definition) is 1. The maximum atomic E-state index is 6.15. The molecule has 4 rings (SSSR count). The molecule has 2 atom stereocenters. The van der Waals surface area contributed by atoms with Crippen LogP contribution in [0.25, 0.3) is 0 Å². The molecule has 2 saturated heterocycles. The Morgan fingerprint density at radius 1 is 1.36 bits per heavy atom. The topological polar surface area (TPSA) is 63.4 Å². The number of ether oxygens (including phenoxy) is 1. The Balaban J connectivity index is 1.34. The Morgan fingerprint density at radius 3 is 3.09 bits per heavy atom. The molecule has 1 spiro atoms. The van der Waals surface area contributed by atoms with E-state index in [1.807, 2.05) is 18.4 Å². The van der Waals surface area contributed by atoms with Gasteiger partial charge in [0, 0.05) is 44.0 Å². The van der Waals surface area contributed by atoms with E-state index < -0.39 is 0 Å². The molecular formula is C16H20N4O2. The number of furan rings is 1. The van der Waals surface area contributed by atoms with Crippen LogP contribution in [0.5, 0.6) is 0 Å². The van der Waals surface area contributed by atoms with Gasteiger partial charge in [-0.05, 0) is 18.6 Å². The van der Waals surface area contributed by atoms with Crippen LogP contribution in [0.1, 0.15) is 18.4 Å². The number of aromatic nitrogens is 2. The molecule has 0 amide bonds. The first kappa shape index (κ1) is 13.7. The second kappa shape index (κ2) is 5.70. The summed E-state index contributed by atoms with van der Waals surface area (Å²) < 4.78 is 11.3.